The third-order valence-corrected chi connectivity index (χ3v) is 6.87. The number of unbranched alkanes of at least 4 members (excludes halogenated alkanes) is 1. The number of ether oxygens (including phenoxy) is 1. The molecule has 0 saturated heterocycles. The van der Waals surface area contributed by atoms with E-state index in [-0.39, 0.29) is 11.2 Å². The number of methoxy groups -OCH3 is 1. The van der Waals surface area contributed by atoms with E-state index in [0.29, 0.717) is 22.1 Å². The molecule has 30 heavy (non-hydrogen) atoms. The molecule has 1 unspecified atom stereocenters. The first-order chi connectivity index (χ1) is 14.6. The fourth-order valence-electron chi connectivity index (χ4n) is 2.88. The maximum atomic E-state index is 12.9. The Morgan fingerprint density at radius 1 is 1.30 bits per heavy atom. The van der Waals surface area contributed by atoms with Crippen LogP contribution in [0.4, 0.5) is 5.13 Å². The largest absolute Gasteiger partial charge is 0.497 e. The number of benzene rings is 1. The molecule has 2 aromatic heterocycles. The van der Waals surface area contributed by atoms with Gasteiger partial charge in [0.2, 0.25) is 5.91 Å². The first-order valence-corrected chi connectivity index (χ1v) is 11.6. The summed E-state index contributed by atoms with van der Waals surface area (Å²) in [5, 5.41) is 13.2. The summed E-state index contributed by atoms with van der Waals surface area (Å²) in [5.41, 5.74) is 2.26. The average Bonchev–Trinajstić information content (AvgIpc) is 3.17. The molecule has 3 aromatic rings. The number of carbonyl (C=O) groups excluding carboxylic acids is 1. The number of thioether (sulfide) groups is 1. The molecular weight excluding hydrogens is 416 g/mol. The van der Waals surface area contributed by atoms with Crippen LogP contribution < -0.4 is 10.1 Å². The van der Waals surface area contributed by atoms with Crippen LogP contribution in [0.3, 0.4) is 0 Å². The quantitative estimate of drug-likeness (QED) is 0.447. The van der Waals surface area contributed by atoms with E-state index in [2.05, 4.69) is 28.3 Å². The van der Waals surface area contributed by atoms with Gasteiger partial charge >= 0.3 is 0 Å². The molecule has 0 radical (unpaired) electrons. The summed E-state index contributed by atoms with van der Waals surface area (Å²) in [4.78, 5) is 22.0. The molecule has 8 heteroatoms. The van der Waals surface area contributed by atoms with Gasteiger partial charge in [0.25, 0.3) is 0 Å². The standard InChI is InChI=1S/C22H24N4O2S2/c1-4-6-7-15-9-8-14(13-23)21(24-15)29-18(5-2)20(27)26-22-25-17-11-10-16(28-3)12-19(17)30-22/h8-12,18H,4-7H2,1-3H3,(H,25,26,27). The lowest BCUT2D eigenvalue weighted by Crippen LogP contribution is -2.24. The van der Waals surface area contributed by atoms with Crippen molar-refractivity contribution in [3.05, 3.63) is 41.6 Å². The van der Waals surface area contributed by atoms with Gasteiger partial charge in [-0.2, -0.15) is 5.26 Å². The van der Waals surface area contributed by atoms with Crippen LogP contribution in [0.25, 0.3) is 10.2 Å². The van der Waals surface area contributed by atoms with Crippen molar-refractivity contribution in [2.45, 2.75) is 49.8 Å². The van der Waals surface area contributed by atoms with E-state index in [0.717, 1.165) is 40.9 Å². The molecule has 1 aromatic carbocycles. The highest BCUT2D eigenvalue weighted by Crippen LogP contribution is 2.31. The van der Waals surface area contributed by atoms with Gasteiger partial charge in [-0.1, -0.05) is 43.4 Å². The zero-order valence-electron chi connectivity index (χ0n) is 17.3. The summed E-state index contributed by atoms with van der Waals surface area (Å²) < 4.78 is 6.19. The molecule has 0 saturated carbocycles. The van der Waals surface area contributed by atoms with Crippen molar-refractivity contribution in [2.24, 2.45) is 0 Å². The van der Waals surface area contributed by atoms with Crippen LogP contribution in [0.15, 0.2) is 35.4 Å². The SMILES string of the molecule is CCCCc1ccc(C#N)c(SC(CC)C(=O)Nc2nc3ccc(OC)cc3s2)n1. The summed E-state index contributed by atoms with van der Waals surface area (Å²) in [6, 6.07) is 11.5. The van der Waals surface area contributed by atoms with Crippen molar-refractivity contribution < 1.29 is 9.53 Å². The predicted octanol–water partition coefficient (Wildman–Crippen LogP) is 5.42. The van der Waals surface area contributed by atoms with Crippen LogP contribution in [-0.2, 0) is 11.2 Å². The number of rotatable bonds is 9. The Labute approximate surface area is 184 Å². The third-order valence-electron chi connectivity index (χ3n) is 4.57. The Hall–Kier alpha value is -2.63. The van der Waals surface area contributed by atoms with Gasteiger partial charge in [0, 0.05) is 5.69 Å². The number of nitriles is 1. The first-order valence-electron chi connectivity index (χ1n) is 9.90. The van der Waals surface area contributed by atoms with E-state index in [1.54, 1.807) is 13.2 Å². The van der Waals surface area contributed by atoms with Crippen LogP contribution in [0.2, 0.25) is 0 Å². The smallest absolute Gasteiger partial charge is 0.239 e. The van der Waals surface area contributed by atoms with Crippen molar-refractivity contribution in [1.82, 2.24) is 9.97 Å². The van der Waals surface area contributed by atoms with Gasteiger partial charge in [0.1, 0.15) is 16.8 Å². The highest BCUT2D eigenvalue weighted by molar-refractivity contribution is 8.00. The van der Waals surface area contributed by atoms with Crippen molar-refractivity contribution >= 4 is 44.4 Å². The number of nitrogens with zero attached hydrogens (tertiary/aromatic N) is 3. The highest BCUT2D eigenvalue weighted by Gasteiger charge is 2.22. The van der Waals surface area contributed by atoms with Crippen LogP contribution in [0.5, 0.6) is 5.75 Å². The minimum Gasteiger partial charge on any atom is -0.497 e. The van der Waals surface area contributed by atoms with Gasteiger partial charge in [-0.25, -0.2) is 9.97 Å². The van der Waals surface area contributed by atoms with Gasteiger partial charge in [0.05, 0.1) is 28.1 Å². The molecule has 0 aliphatic carbocycles. The van der Waals surface area contributed by atoms with E-state index < -0.39 is 0 Å². The van der Waals surface area contributed by atoms with Crippen LogP contribution in [-0.4, -0.2) is 28.2 Å². The lowest BCUT2D eigenvalue weighted by Gasteiger charge is -2.14. The van der Waals surface area contributed by atoms with Crippen molar-refractivity contribution in [3.8, 4) is 11.8 Å². The molecule has 1 amide bonds. The number of anilines is 1. The topological polar surface area (TPSA) is 87.9 Å². The Bertz CT molecular complexity index is 1070. The second-order valence-electron chi connectivity index (χ2n) is 6.73. The molecule has 156 valence electrons. The number of nitrogens with one attached hydrogen (secondary N) is 1. The Balaban J connectivity index is 1.76. The van der Waals surface area contributed by atoms with Crippen molar-refractivity contribution in [2.75, 3.05) is 12.4 Å². The molecule has 0 bridgehead atoms. The Morgan fingerprint density at radius 3 is 2.83 bits per heavy atom. The minimum absolute atomic E-state index is 0.141. The Morgan fingerprint density at radius 2 is 2.13 bits per heavy atom. The Kier molecular flexibility index (Phi) is 7.66. The van der Waals surface area contributed by atoms with E-state index >= 15 is 0 Å². The van der Waals surface area contributed by atoms with Crippen molar-refractivity contribution in [1.29, 1.82) is 5.26 Å². The fourth-order valence-corrected chi connectivity index (χ4v) is 4.79. The molecular formula is C22H24N4O2S2. The maximum absolute atomic E-state index is 12.9. The lowest BCUT2D eigenvalue weighted by atomic mass is 10.2. The molecule has 0 aliphatic heterocycles. The molecule has 1 atom stereocenters. The second kappa shape index (κ2) is 10.4. The van der Waals surface area contributed by atoms with Gasteiger partial charge in [0.15, 0.2) is 5.13 Å². The van der Waals surface area contributed by atoms with E-state index in [9.17, 15) is 10.1 Å². The van der Waals surface area contributed by atoms with Gasteiger partial charge in [-0.3, -0.25) is 4.79 Å². The predicted molar refractivity (Wildman–Crippen MR) is 122 cm³/mol. The summed E-state index contributed by atoms with van der Waals surface area (Å²) in [6.07, 6.45) is 3.61. The normalized spacial score (nSPS) is 11.8. The number of aromatic nitrogens is 2. The zero-order valence-corrected chi connectivity index (χ0v) is 18.9. The molecule has 6 nitrogen and oxygen atoms in total. The maximum Gasteiger partial charge on any atom is 0.239 e. The number of carbonyl (C=O) groups is 1. The van der Waals surface area contributed by atoms with E-state index in [1.165, 1.54) is 23.1 Å². The van der Waals surface area contributed by atoms with Crippen LogP contribution in [0.1, 0.15) is 44.4 Å². The number of pyridine rings is 1. The summed E-state index contributed by atoms with van der Waals surface area (Å²) >= 11 is 2.75. The summed E-state index contributed by atoms with van der Waals surface area (Å²) in [5.74, 6) is 0.613. The fraction of sp³-hybridized carbons (Fsp3) is 0.364. The van der Waals surface area contributed by atoms with Gasteiger partial charge in [-0.15, -0.1) is 0 Å². The highest BCUT2D eigenvalue weighted by atomic mass is 32.2. The number of hydrogen-bond acceptors (Lipinski definition) is 7. The van der Waals surface area contributed by atoms with E-state index in [4.69, 9.17) is 4.74 Å². The average molecular weight is 441 g/mol. The summed E-state index contributed by atoms with van der Waals surface area (Å²) in [6.45, 7) is 4.09. The molecule has 0 aliphatic rings. The van der Waals surface area contributed by atoms with Gasteiger partial charge < -0.3 is 10.1 Å². The molecule has 2 heterocycles. The zero-order chi connectivity index (χ0) is 21.5. The number of aryl methyl sites for hydroxylation is 1. The minimum atomic E-state index is -0.368. The molecule has 0 spiro atoms. The monoisotopic (exact) mass is 440 g/mol. The number of fused-ring (bicyclic) bond motifs is 1. The van der Waals surface area contributed by atoms with Crippen molar-refractivity contribution in [3.63, 3.8) is 0 Å². The van der Waals surface area contributed by atoms with E-state index in [1.807, 2.05) is 31.2 Å². The number of thiazole rings is 1. The van der Waals surface area contributed by atoms with Crippen LogP contribution >= 0.6 is 23.1 Å². The van der Waals surface area contributed by atoms with Gasteiger partial charge in [-0.05, 0) is 49.6 Å². The number of hydrogen-bond donors (Lipinski definition) is 1. The molecule has 1 N–H and O–H groups in total. The number of amides is 1. The molecule has 3 rings (SSSR count). The first kappa shape index (κ1) is 22.1. The molecule has 0 fully saturated rings. The van der Waals surface area contributed by atoms with Crippen LogP contribution in [0, 0.1) is 11.3 Å². The lowest BCUT2D eigenvalue weighted by molar-refractivity contribution is -0.115. The second-order valence-corrected chi connectivity index (χ2v) is 8.95. The third kappa shape index (κ3) is 5.29. The summed E-state index contributed by atoms with van der Waals surface area (Å²) in [7, 11) is 1.62.